The van der Waals surface area contributed by atoms with E-state index in [4.69, 9.17) is 11.0 Å². The predicted molar refractivity (Wildman–Crippen MR) is 44.9 cm³/mol. The number of hydrogen-bond donors (Lipinski definition) is 1. The van der Waals surface area contributed by atoms with Gasteiger partial charge < -0.3 is 10.5 Å². The molecule has 0 radical (unpaired) electrons. The Balaban J connectivity index is 2.83. The standard InChI is InChI=1S/C8H6F3N3O/c9-8(10,11)4-15-7-6(13)5(3-12)1-2-14-7/h1-2H,4,13H2. The van der Waals surface area contributed by atoms with Gasteiger partial charge in [0.25, 0.3) is 0 Å². The van der Waals surface area contributed by atoms with Crippen LogP contribution < -0.4 is 10.5 Å². The molecule has 0 atom stereocenters. The van der Waals surface area contributed by atoms with E-state index in [2.05, 4.69) is 9.72 Å². The Labute approximate surface area is 83.1 Å². The summed E-state index contributed by atoms with van der Waals surface area (Å²) in [5, 5.41) is 8.54. The van der Waals surface area contributed by atoms with Crippen LogP contribution in [0, 0.1) is 11.3 Å². The van der Waals surface area contributed by atoms with Crippen molar-refractivity contribution >= 4 is 5.69 Å². The summed E-state index contributed by atoms with van der Waals surface area (Å²) in [4.78, 5) is 3.49. The molecule has 1 rings (SSSR count). The number of aromatic nitrogens is 1. The zero-order chi connectivity index (χ0) is 11.5. The van der Waals surface area contributed by atoms with Gasteiger partial charge in [0, 0.05) is 6.20 Å². The normalized spacial score (nSPS) is 10.8. The van der Waals surface area contributed by atoms with Gasteiger partial charge in [-0.2, -0.15) is 18.4 Å². The molecule has 1 aromatic heterocycles. The number of nitrogens with two attached hydrogens (primary N) is 1. The number of nitrogen functional groups attached to an aromatic ring is 1. The van der Waals surface area contributed by atoms with Gasteiger partial charge >= 0.3 is 6.18 Å². The lowest BCUT2D eigenvalue weighted by Gasteiger charge is -2.10. The largest absolute Gasteiger partial charge is 0.467 e. The van der Waals surface area contributed by atoms with Crippen molar-refractivity contribution in [2.24, 2.45) is 0 Å². The highest BCUT2D eigenvalue weighted by Gasteiger charge is 2.29. The van der Waals surface area contributed by atoms with Gasteiger partial charge in [0.1, 0.15) is 11.8 Å². The highest BCUT2D eigenvalue weighted by molar-refractivity contribution is 5.59. The van der Waals surface area contributed by atoms with E-state index in [0.717, 1.165) is 6.20 Å². The first-order valence-electron chi connectivity index (χ1n) is 3.78. The maximum Gasteiger partial charge on any atom is 0.422 e. The summed E-state index contributed by atoms with van der Waals surface area (Å²) in [5.74, 6) is -0.383. The van der Waals surface area contributed by atoms with Crippen LogP contribution in [0.1, 0.15) is 5.56 Å². The number of pyridine rings is 1. The van der Waals surface area contributed by atoms with Crippen LogP contribution in [0.2, 0.25) is 0 Å². The maximum absolute atomic E-state index is 11.8. The van der Waals surface area contributed by atoms with E-state index in [-0.39, 0.29) is 17.1 Å². The third-order valence-electron chi connectivity index (χ3n) is 1.45. The van der Waals surface area contributed by atoms with Gasteiger partial charge in [-0.15, -0.1) is 0 Å². The number of hydrogen-bond acceptors (Lipinski definition) is 4. The topological polar surface area (TPSA) is 71.9 Å². The SMILES string of the molecule is N#Cc1ccnc(OCC(F)(F)F)c1N. The molecule has 0 saturated heterocycles. The molecule has 0 amide bonds. The van der Waals surface area contributed by atoms with Crippen LogP contribution in [0.15, 0.2) is 12.3 Å². The minimum Gasteiger partial charge on any atom is -0.467 e. The van der Waals surface area contributed by atoms with E-state index in [1.807, 2.05) is 0 Å². The molecule has 2 N–H and O–H groups in total. The number of anilines is 1. The molecule has 1 aromatic rings. The van der Waals surface area contributed by atoms with Crippen molar-refractivity contribution in [2.75, 3.05) is 12.3 Å². The van der Waals surface area contributed by atoms with Crippen molar-refractivity contribution < 1.29 is 17.9 Å². The highest BCUT2D eigenvalue weighted by atomic mass is 19.4. The summed E-state index contributed by atoms with van der Waals surface area (Å²) in [7, 11) is 0. The number of nitriles is 1. The molecule has 0 spiro atoms. The van der Waals surface area contributed by atoms with Crippen LogP contribution >= 0.6 is 0 Å². The lowest BCUT2D eigenvalue weighted by molar-refractivity contribution is -0.153. The Morgan fingerprint density at radius 2 is 2.20 bits per heavy atom. The number of rotatable bonds is 2. The summed E-state index contributed by atoms with van der Waals surface area (Å²) in [6.07, 6.45) is -3.31. The van der Waals surface area contributed by atoms with E-state index < -0.39 is 12.8 Å². The molecule has 15 heavy (non-hydrogen) atoms. The first-order chi connectivity index (χ1) is 6.94. The third kappa shape index (κ3) is 3.02. The monoisotopic (exact) mass is 217 g/mol. The molecule has 7 heteroatoms. The molecule has 0 aliphatic heterocycles. The fourth-order valence-corrected chi connectivity index (χ4v) is 0.817. The van der Waals surface area contributed by atoms with E-state index in [0.29, 0.717) is 0 Å². The second-order valence-corrected chi connectivity index (χ2v) is 2.59. The summed E-state index contributed by atoms with van der Waals surface area (Å²) in [6.45, 7) is -1.49. The summed E-state index contributed by atoms with van der Waals surface area (Å²) >= 11 is 0. The van der Waals surface area contributed by atoms with Crippen molar-refractivity contribution in [1.82, 2.24) is 4.98 Å². The van der Waals surface area contributed by atoms with Gasteiger partial charge in [-0.05, 0) is 6.07 Å². The summed E-state index contributed by atoms with van der Waals surface area (Å²) in [6, 6.07) is 2.99. The molecule has 0 bridgehead atoms. The van der Waals surface area contributed by atoms with E-state index in [9.17, 15) is 13.2 Å². The maximum atomic E-state index is 11.8. The lowest BCUT2D eigenvalue weighted by atomic mass is 10.2. The minimum absolute atomic E-state index is 0.0298. The van der Waals surface area contributed by atoms with E-state index >= 15 is 0 Å². The molecule has 0 fully saturated rings. The van der Waals surface area contributed by atoms with Crippen LogP contribution in [-0.2, 0) is 0 Å². The van der Waals surface area contributed by atoms with Crippen LogP contribution in [-0.4, -0.2) is 17.8 Å². The van der Waals surface area contributed by atoms with Crippen LogP contribution in [0.3, 0.4) is 0 Å². The number of ether oxygens (including phenoxy) is 1. The minimum atomic E-state index is -4.46. The van der Waals surface area contributed by atoms with E-state index in [1.165, 1.54) is 6.07 Å². The van der Waals surface area contributed by atoms with Gasteiger partial charge in [0.2, 0.25) is 5.88 Å². The Kier molecular flexibility index (Phi) is 2.99. The van der Waals surface area contributed by atoms with Crippen LogP contribution in [0.25, 0.3) is 0 Å². The van der Waals surface area contributed by atoms with Crippen molar-refractivity contribution in [3.8, 4) is 11.9 Å². The Morgan fingerprint density at radius 1 is 1.53 bits per heavy atom. The Bertz CT molecular complexity index is 397. The fraction of sp³-hybridized carbons (Fsp3) is 0.250. The first-order valence-corrected chi connectivity index (χ1v) is 3.78. The molecule has 1 heterocycles. The summed E-state index contributed by atoms with van der Waals surface area (Å²) in [5.41, 5.74) is 5.19. The molecule has 0 aliphatic carbocycles. The third-order valence-corrected chi connectivity index (χ3v) is 1.45. The van der Waals surface area contributed by atoms with Gasteiger partial charge in [-0.25, -0.2) is 4.98 Å². The molecular formula is C8H6F3N3O. The van der Waals surface area contributed by atoms with E-state index in [1.54, 1.807) is 6.07 Å². The molecule has 80 valence electrons. The zero-order valence-corrected chi connectivity index (χ0v) is 7.38. The molecular weight excluding hydrogens is 211 g/mol. The van der Waals surface area contributed by atoms with Gasteiger partial charge in [-0.3, -0.25) is 0 Å². The van der Waals surface area contributed by atoms with Gasteiger partial charge in [-0.1, -0.05) is 0 Å². The molecule has 4 nitrogen and oxygen atoms in total. The van der Waals surface area contributed by atoms with Crippen LogP contribution in [0.4, 0.5) is 18.9 Å². The Hall–Kier alpha value is -1.97. The number of alkyl halides is 3. The van der Waals surface area contributed by atoms with Crippen molar-refractivity contribution in [3.63, 3.8) is 0 Å². The fourth-order valence-electron chi connectivity index (χ4n) is 0.817. The second kappa shape index (κ2) is 4.04. The predicted octanol–water partition coefficient (Wildman–Crippen LogP) is 1.48. The molecule has 0 saturated carbocycles. The van der Waals surface area contributed by atoms with Crippen molar-refractivity contribution in [1.29, 1.82) is 5.26 Å². The smallest absolute Gasteiger partial charge is 0.422 e. The molecule has 0 aromatic carbocycles. The van der Waals surface area contributed by atoms with Gasteiger partial charge in [0.15, 0.2) is 6.61 Å². The van der Waals surface area contributed by atoms with Gasteiger partial charge in [0.05, 0.1) is 5.56 Å². The van der Waals surface area contributed by atoms with Crippen molar-refractivity contribution in [3.05, 3.63) is 17.8 Å². The Morgan fingerprint density at radius 3 is 2.73 bits per heavy atom. The number of halogens is 3. The average molecular weight is 217 g/mol. The lowest BCUT2D eigenvalue weighted by Crippen LogP contribution is -2.20. The summed E-state index contributed by atoms with van der Waals surface area (Å²) < 4.78 is 39.7. The quantitative estimate of drug-likeness (QED) is 0.814. The highest BCUT2D eigenvalue weighted by Crippen LogP contribution is 2.23. The average Bonchev–Trinajstić information content (AvgIpc) is 2.15. The second-order valence-electron chi connectivity index (χ2n) is 2.59. The molecule has 0 unspecified atom stereocenters. The first kappa shape index (κ1) is 11.1. The number of nitrogens with zero attached hydrogens (tertiary/aromatic N) is 2. The zero-order valence-electron chi connectivity index (χ0n) is 7.38. The molecule has 0 aliphatic rings. The van der Waals surface area contributed by atoms with Crippen molar-refractivity contribution in [2.45, 2.75) is 6.18 Å². The van der Waals surface area contributed by atoms with Crippen LogP contribution in [0.5, 0.6) is 5.88 Å².